The van der Waals surface area contributed by atoms with Crippen molar-refractivity contribution in [1.29, 1.82) is 0 Å². The van der Waals surface area contributed by atoms with Crippen molar-refractivity contribution < 1.29 is 13.2 Å². The van der Waals surface area contributed by atoms with E-state index in [0.717, 1.165) is 11.0 Å². The van der Waals surface area contributed by atoms with E-state index in [4.69, 9.17) is 0 Å². The lowest BCUT2D eigenvalue weighted by Gasteiger charge is -2.11. The maximum absolute atomic E-state index is 11.6. The molecule has 0 aliphatic carbocycles. The number of urea groups is 1. The normalized spacial score (nSPS) is 20.6. The van der Waals surface area contributed by atoms with E-state index >= 15 is 0 Å². The first-order valence-corrected chi connectivity index (χ1v) is 7.21. The molecule has 1 atom stereocenters. The third kappa shape index (κ3) is 3.33. The van der Waals surface area contributed by atoms with Crippen LogP contribution in [0.4, 0.5) is 10.5 Å². The van der Waals surface area contributed by atoms with Crippen LogP contribution >= 0.6 is 0 Å². The van der Waals surface area contributed by atoms with Gasteiger partial charge in [-0.2, -0.15) is 0 Å². The van der Waals surface area contributed by atoms with E-state index in [1.54, 1.807) is 6.07 Å². The van der Waals surface area contributed by atoms with Gasteiger partial charge in [0, 0.05) is 11.1 Å². The Bertz CT molecular complexity index is 593. The SMILES string of the molecule is Cc1cccc(NC(=O)NC2C=CS(=O)(=O)C2)c1. The van der Waals surface area contributed by atoms with Gasteiger partial charge in [0.1, 0.15) is 0 Å². The van der Waals surface area contributed by atoms with E-state index in [1.807, 2.05) is 25.1 Å². The van der Waals surface area contributed by atoms with Crippen LogP contribution in [0.2, 0.25) is 0 Å². The average Bonchev–Trinajstić information content (AvgIpc) is 2.57. The van der Waals surface area contributed by atoms with Gasteiger partial charge in [-0.05, 0) is 30.7 Å². The number of aryl methyl sites for hydroxylation is 1. The molecule has 0 spiro atoms. The third-order valence-corrected chi connectivity index (χ3v) is 3.92. The predicted octanol–water partition coefficient (Wildman–Crippen LogP) is 1.43. The quantitative estimate of drug-likeness (QED) is 0.850. The minimum absolute atomic E-state index is 0.0752. The van der Waals surface area contributed by atoms with Crippen LogP contribution in [0, 0.1) is 6.92 Å². The second kappa shape index (κ2) is 4.81. The summed E-state index contributed by atoms with van der Waals surface area (Å²) < 4.78 is 22.3. The average molecular weight is 266 g/mol. The predicted molar refractivity (Wildman–Crippen MR) is 70.0 cm³/mol. The lowest BCUT2D eigenvalue weighted by Crippen LogP contribution is -2.38. The van der Waals surface area contributed by atoms with Crippen molar-refractivity contribution in [2.45, 2.75) is 13.0 Å². The summed E-state index contributed by atoms with van der Waals surface area (Å²) in [5, 5.41) is 6.37. The Labute approximate surface area is 106 Å². The van der Waals surface area contributed by atoms with Crippen molar-refractivity contribution in [2.75, 3.05) is 11.1 Å². The van der Waals surface area contributed by atoms with E-state index in [1.165, 1.54) is 6.08 Å². The first kappa shape index (κ1) is 12.6. The molecular weight excluding hydrogens is 252 g/mol. The molecule has 5 nitrogen and oxygen atoms in total. The van der Waals surface area contributed by atoms with Crippen LogP contribution in [0.1, 0.15) is 5.56 Å². The second-order valence-corrected chi connectivity index (χ2v) is 6.16. The van der Waals surface area contributed by atoms with Gasteiger partial charge in [0.25, 0.3) is 0 Å². The van der Waals surface area contributed by atoms with E-state index in [2.05, 4.69) is 10.6 Å². The molecule has 0 saturated carbocycles. The van der Waals surface area contributed by atoms with Gasteiger partial charge in [-0.3, -0.25) is 0 Å². The van der Waals surface area contributed by atoms with Gasteiger partial charge in [0.05, 0.1) is 11.8 Å². The van der Waals surface area contributed by atoms with E-state index in [0.29, 0.717) is 5.69 Å². The molecule has 96 valence electrons. The molecule has 0 saturated heterocycles. The number of anilines is 1. The monoisotopic (exact) mass is 266 g/mol. The number of carbonyl (C=O) groups excluding carboxylic acids is 1. The number of sulfone groups is 1. The zero-order valence-corrected chi connectivity index (χ0v) is 10.7. The number of benzene rings is 1. The summed E-state index contributed by atoms with van der Waals surface area (Å²) in [5.41, 5.74) is 1.72. The van der Waals surface area contributed by atoms with Crippen LogP contribution in [-0.4, -0.2) is 26.2 Å². The van der Waals surface area contributed by atoms with Crippen LogP contribution in [0.5, 0.6) is 0 Å². The van der Waals surface area contributed by atoms with Crippen LogP contribution in [0.15, 0.2) is 35.7 Å². The molecule has 0 fully saturated rings. The zero-order valence-electron chi connectivity index (χ0n) is 9.88. The first-order chi connectivity index (χ1) is 8.44. The summed E-state index contributed by atoms with van der Waals surface area (Å²) in [7, 11) is -3.14. The molecule has 0 aromatic heterocycles. The van der Waals surface area contributed by atoms with Gasteiger partial charge >= 0.3 is 6.03 Å². The summed E-state index contributed by atoms with van der Waals surface area (Å²) in [5.74, 6) is -0.0752. The molecule has 1 heterocycles. The molecule has 2 amide bonds. The Hall–Kier alpha value is -1.82. The number of rotatable bonds is 2. The number of nitrogens with one attached hydrogen (secondary N) is 2. The number of amides is 2. The molecule has 1 aliphatic rings. The minimum Gasteiger partial charge on any atom is -0.331 e. The topological polar surface area (TPSA) is 75.3 Å². The van der Waals surface area contributed by atoms with Crippen LogP contribution in [0.3, 0.4) is 0 Å². The van der Waals surface area contributed by atoms with Crippen LogP contribution in [0.25, 0.3) is 0 Å². The van der Waals surface area contributed by atoms with Crippen LogP contribution in [-0.2, 0) is 9.84 Å². The summed E-state index contributed by atoms with van der Waals surface area (Å²) in [6.07, 6.45) is 1.48. The van der Waals surface area contributed by atoms with Gasteiger partial charge in [-0.1, -0.05) is 12.1 Å². The van der Waals surface area contributed by atoms with Crippen molar-refractivity contribution in [3.63, 3.8) is 0 Å². The Morgan fingerprint density at radius 2 is 2.17 bits per heavy atom. The van der Waals surface area contributed by atoms with Gasteiger partial charge in [0.2, 0.25) is 0 Å². The van der Waals surface area contributed by atoms with Crippen molar-refractivity contribution >= 4 is 21.6 Å². The Kier molecular flexibility index (Phi) is 3.38. The van der Waals surface area contributed by atoms with Gasteiger partial charge in [0.15, 0.2) is 9.84 Å². The lowest BCUT2D eigenvalue weighted by atomic mass is 10.2. The lowest BCUT2D eigenvalue weighted by molar-refractivity contribution is 0.251. The fourth-order valence-corrected chi connectivity index (χ4v) is 2.96. The summed E-state index contributed by atoms with van der Waals surface area (Å²) in [6, 6.07) is 6.50. The smallest absolute Gasteiger partial charge is 0.319 e. The van der Waals surface area contributed by atoms with Gasteiger partial charge in [-0.15, -0.1) is 0 Å². The van der Waals surface area contributed by atoms with Crippen LogP contribution < -0.4 is 10.6 Å². The van der Waals surface area contributed by atoms with Crippen molar-refractivity contribution in [3.8, 4) is 0 Å². The summed E-state index contributed by atoms with van der Waals surface area (Å²) in [6.45, 7) is 1.93. The molecule has 1 aliphatic heterocycles. The molecule has 1 aromatic carbocycles. The van der Waals surface area contributed by atoms with E-state index in [9.17, 15) is 13.2 Å². The largest absolute Gasteiger partial charge is 0.331 e. The molecule has 18 heavy (non-hydrogen) atoms. The molecule has 2 N–H and O–H groups in total. The zero-order chi connectivity index (χ0) is 13.2. The second-order valence-electron chi connectivity index (χ2n) is 4.23. The molecule has 1 aromatic rings. The Balaban J connectivity index is 1.92. The summed E-state index contributed by atoms with van der Waals surface area (Å²) in [4.78, 5) is 11.6. The highest BCUT2D eigenvalue weighted by molar-refractivity contribution is 7.94. The molecule has 0 radical (unpaired) electrons. The maximum Gasteiger partial charge on any atom is 0.319 e. The number of hydrogen-bond donors (Lipinski definition) is 2. The highest BCUT2D eigenvalue weighted by Crippen LogP contribution is 2.11. The fraction of sp³-hybridized carbons (Fsp3) is 0.250. The third-order valence-electron chi connectivity index (χ3n) is 2.52. The Morgan fingerprint density at radius 1 is 1.39 bits per heavy atom. The molecular formula is C12H14N2O3S. The molecule has 6 heteroatoms. The Morgan fingerprint density at radius 3 is 2.78 bits per heavy atom. The van der Waals surface area contributed by atoms with Crippen molar-refractivity contribution in [1.82, 2.24) is 5.32 Å². The molecule has 0 bridgehead atoms. The maximum atomic E-state index is 11.6. The van der Waals surface area contributed by atoms with Crippen molar-refractivity contribution in [2.24, 2.45) is 0 Å². The molecule has 2 rings (SSSR count). The fourth-order valence-electron chi connectivity index (χ4n) is 1.72. The van der Waals surface area contributed by atoms with Crippen molar-refractivity contribution in [3.05, 3.63) is 41.3 Å². The minimum atomic E-state index is -3.14. The summed E-state index contributed by atoms with van der Waals surface area (Å²) >= 11 is 0. The van der Waals surface area contributed by atoms with Gasteiger partial charge in [-0.25, -0.2) is 13.2 Å². The molecule has 1 unspecified atom stereocenters. The number of hydrogen-bond acceptors (Lipinski definition) is 3. The highest BCUT2D eigenvalue weighted by Gasteiger charge is 2.22. The van der Waals surface area contributed by atoms with Gasteiger partial charge < -0.3 is 10.6 Å². The number of carbonyl (C=O) groups is 1. The van der Waals surface area contributed by atoms with E-state index < -0.39 is 21.9 Å². The highest BCUT2D eigenvalue weighted by atomic mass is 32.2. The first-order valence-electron chi connectivity index (χ1n) is 5.50. The standard InChI is InChI=1S/C12H14N2O3S/c1-9-3-2-4-10(7-9)13-12(15)14-11-5-6-18(16,17)8-11/h2-7,11H,8H2,1H3,(H2,13,14,15). The van der Waals surface area contributed by atoms with E-state index in [-0.39, 0.29) is 5.75 Å².